The van der Waals surface area contributed by atoms with Crippen molar-refractivity contribution in [2.45, 2.75) is 33.3 Å². The van der Waals surface area contributed by atoms with E-state index >= 15 is 0 Å². The summed E-state index contributed by atoms with van der Waals surface area (Å²) in [4.78, 5) is 12.3. The molecule has 0 fully saturated rings. The zero-order valence-corrected chi connectivity index (χ0v) is 16.0. The normalized spacial score (nSPS) is 11.5. The van der Waals surface area contributed by atoms with Crippen LogP contribution in [0.25, 0.3) is 0 Å². The zero-order chi connectivity index (χ0) is 18.4. The molecule has 2 N–H and O–H groups in total. The van der Waals surface area contributed by atoms with Crippen molar-refractivity contribution in [3.63, 3.8) is 0 Å². The van der Waals surface area contributed by atoms with Crippen molar-refractivity contribution in [2.24, 2.45) is 0 Å². The van der Waals surface area contributed by atoms with Gasteiger partial charge in [0.05, 0.1) is 6.10 Å². The summed E-state index contributed by atoms with van der Waals surface area (Å²) in [6.07, 6.45) is 1.06. The van der Waals surface area contributed by atoms with Crippen molar-refractivity contribution in [2.75, 3.05) is 5.32 Å². The first-order valence-corrected chi connectivity index (χ1v) is 8.83. The summed E-state index contributed by atoms with van der Waals surface area (Å²) in [7, 11) is 0. The summed E-state index contributed by atoms with van der Waals surface area (Å²) in [5.74, 6) is 0.452. The lowest BCUT2D eigenvalue weighted by Crippen LogP contribution is -2.34. The van der Waals surface area contributed by atoms with Gasteiger partial charge in [0, 0.05) is 16.3 Å². The first-order valence-electron chi connectivity index (χ1n) is 8.05. The van der Waals surface area contributed by atoms with Crippen LogP contribution >= 0.6 is 23.8 Å². The first-order chi connectivity index (χ1) is 11.9. The molecule has 2 aromatic carbocycles. The predicted octanol–water partition coefficient (Wildman–Crippen LogP) is 4.95. The molecule has 25 heavy (non-hydrogen) atoms. The molecule has 0 bridgehead atoms. The van der Waals surface area contributed by atoms with Crippen molar-refractivity contribution in [1.82, 2.24) is 5.32 Å². The van der Waals surface area contributed by atoms with Gasteiger partial charge in [-0.05, 0) is 74.4 Å². The molecule has 0 aliphatic rings. The maximum absolute atomic E-state index is 12.3. The molecule has 132 valence electrons. The van der Waals surface area contributed by atoms with E-state index in [1.165, 1.54) is 0 Å². The van der Waals surface area contributed by atoms with E-state index in [4.69, 9.17) is 28.6 Å². The minimum atomic E-state index is -0.285. The van der Waals surface area contributed by atoms with Gasteiger partial charge in [-0.25, -0.2) is 0 Å². The summed E-state index contributed by atoms with van der Waals surface area (Å²) in [6, 6.07) is 12.4. The Morgan fingerprint density at radius 2 is 1.92 bits per heavy atom. The molecule has 0 saturated carbocycles. The van der Waals surface area contributed by atoms with Crippen LogP contribution in [0.3, 0.4) is 0 Å². The lowest BCUT2D eigenvalue weighted by Gasteiger charge is -2.14. The van der Waals surface area contributed by atoms with E-state index in [1.54, 1.807) is 30.3 Å². The van der Waals surface area contributed by atoms with E-state index < -0.39 is 0 Å². The number of rotatable bonds is 5. The van der Waals surface area contributed by atoms with Crippen LogP contribution in [0, 0.1) is 6.92 Å². The Balaban J connectivity index is 1.97. The first kappa shape index (κ1) is 19.2. The summed E-state index contributed by atoms with van der Waals surface area (Å²) in [5, 5.41) is 6.50. The highest BCUT2D eigenvalue weighted by molar-refractivity contribution is 7.80. The molecule has 1 atom stereocenters. The van der Waals surface area contributed by atoms with Crippen molar-refractivity contribution < 1.29 is 9.53 Å². The maximum Gasteiger partial charge on any atom is 0.257 e. The summed E-state index contributed by atoms with van der Waals surface area (Å²) < 4.78 is 5.70. The molecule has 0 aromatic heterocycles. The van der Waals surface area contributed by atoms with Crippen LogP contribution in [-0.4, -0.2) is 17.1 Å². The Labute approximate surface area is 158 Å². The molecule has 0 radical (unpaired) electrons. The van der Waals surface area contributed by atoms with Gasteiger partial charge >= 0.3 is 0 Å². The van der Waals surface area contributed by atoms with Gasteiger partial charge in [-0.15, -0.1) is 0 Å². The lowest BCUT2D eigenvalue weighted by atomic mass is 10.2. The van der Waals surface area contributed by atoms with E-state index in [1.807, 2.05) is 26.0 Å². The largest absolute Gasteiger partial charge is 0.491 e. The summed E-state index contributed by atoms with van der Waals surface area (Å²) in [5.41, 5.74) is 2.13. The number of amides is 1. The van der Waals surface area contributed by atoms with Crippen LogP contribution in [0.4, 0.5) is 5.69 Å². The van der Waals surface area contributed by atoms with Gasteiger partial charge in [-0.2, -0.15) is 0 Å². The number of anilines is 1. The van der Waals surface area contributed by atoms with Crippen molar-refractivity contribution >= 4 is 40.5 Å². The predicted molar refractivity (Wildman–Crippen MR) is 107 cm³/mol. The zero-order valence-electron chi connectivity index (χ0n) is 14.4. The highest BCUT2D eigenvalue weighted by Gasteiger charge is 2.10. The van der Waals surface area contributed by atoms with Crippen LogP contribution in [-0.2, 0) is 0 Å². The third-order valence-electron chi connectivity index (χ3n) is 3.77. The van der Waals surface area contributed by atoms with Gasteiger partial charge in [0.15, 0.2) is 5.11 Å². The van der Waals surface area contributed by atoms with E-state index in [0.29, 0.717) is 10.6 Å². The lowest BCUT2D eigenvalue weighted by molar-refractivity contribution is 0.0977. The second-order valence-electron chi connectivity index (χ2n) is 5.68. The average molecular weight is 377 g/mol. The van der Waals surface area contributed by atoms with E-state index in [-0.39, 0.29) is 17.1 Å². The monoisotopic (exact) mass is 376 g/mol. The van der Waals surface area contributed by atoms with E-state index in [9.17, 15) is 4.79 Å². The molecule has 4 nitrogen and oxygen atoms in total. The smallest absolute Gasteiger partial charge is 0.257 e. The van der Waals surface area contributed by atoms with Gasteiger partial charge in [-0.1, -0.05) is 24.6 Å². The number of hydrogen-bond acceptors (Lipinski definition) is 3. The molecule has 0 spiro atoms. The van der Waals surface area contributed by atoms with Crippen LogP contribution in [0.1, 0.15) is 36.2 Å². The fourth-order valence-electron chi connectivity index (χ4n) is 2.07. The van der Waals surface area contributed by atoms with Gasteiger partial charge in [0.2, 0.25) is 0 Å². The van der Waals surface area contributed by atoms with Gasteiger partial charge in [0.1, 0.15) is 5.75 Å². The van der Waals surface area contributed by atoms with Crippen molar-refractivity contribution in [1.29, 1.82) is 0 Å². The van der Waals surface area contributed by atoms with Gasteiger partial charge < -0.3 is 10.1 Å². The van der Waals surface area contributed by atoms with Crippen LogP contribution in [0.15, 0.2) is 42.5 Å². The van der Waals surface area contributed by atoms with Crippen LogP contribution in [0.5, 0.6) is 5.75 Å². The third-order valence-corrected chi connectivity index (χ3v) is 4.39. The molecular weight excluding hydrogens is 356 g/mol. The molecular formula is C19H21ClN2O2S. The second-order valence-corrected chi connectivity index (χ2v) is 6.50. The topological polar surface area (TPSA) is 50.4 Å². The standard InChI is InChI=1S/C19H21ClN2O2S/c1-4-12(2)24-15-10-8-14(9-11-15)18(23)22-19(25)21-17-7-5-6-16(20)13(17)3/h5-12H,4H2,1-3H3,(H2,21,22,23,25). The Morgan fingerprint density at radius 1 is 1.24 bits per heavy atom. The number of thiocarbonyl (C=S) groups is 1. The van der Waals surface area contributed by atoms with E-state index in [0.717, 1.165) is 23.4 Å². The third kappa shape index (κ3) is 5.44. The molecule has 1 unspecified atom stereocenters. The number of hydrogen-bond donors (Lipinski definition) is 2. The molecule has 0 saturated heterocycles. The fraction of sp³-hybridized carbons (Fsp3) is 0.263. The Hall–Kier alpha value is -2.11. The molecule has 0 aliphatic heterocycles. The number of carbonyl (C=O) groups is 1. The average Bonchev–Trinajstić information content (AvgIpc) is 2.59. The number of nitrogens with one attached hydrogen (secondary N) is 2. The van der Waals surface area contributed by atoms with Gasteiger partial charge in [-0.3, -0.25) is 10.1 Å². The minimum Gasteiger partial charge on any atom is -0.491 e. The fourth-order valence-corrected chi connectivity index (χ4v) is 2.45. The number of carbonyl (C=O) groups excluding carboxylic acids is 1. The summed E-state index contributed by atoms with van der Waals surface area (Å²) in [6.45, 7) is 5.94. The maximum atomic E-state index is 12.3. The Kier molecular flexibility index (Phi) is 6.79. The number of halogens is 1. The van der Waals surface area contributed by atoms with Crippen LogP contribution < -0.4 is 15.4 Å². The van der Waals surface area contributed by atoms with Crippen LogP contribution in [0.2, 0.25) is 5.02 Å². The highest BCUT2D eigenvalue weighted by atomic mass is 35.5. The molecule has 6 heteroatoms. The molecule has 2 aromatic rings. The van der Waals surface area contributed by atoms with Gasteiger partial charge in [0.25, 0.3) is 5.91 Å². The molecule has 0 aliphatic carbocycles. The number of ether oxygens (including phenoxy) is 1. The Bertz CT molecular complexity index is 763. The number of benzene rings is 2. The van der Waals surface area contributed by atoms with Crippen molar-refractivity contribution in [3.8, 4) is 5.75 Å². The second kappa shape index (κ2) is 8.83. The summed E-state index contributed by atoms with van der Waals surface area (Å²) >= 11 is 11.3. The minimum absolute atomic E-state index is 0.136. The Morgan fingerprint density at radius 3 is 2.56 bits per heavy atom. The SMILES string of the molecule is CCC(C)Oc1ccc(C(=O)NC(=S)Nc2cccc(Cl)c2C)cc1. The quantitative estimate of drug-likeness (QED) is 0.724. The van der Waals surface area contributed by atoms with Crippen molar-refractivity contribution in [3.05, 3.63) is 58.6 Å². The highest BCUT2D eigenvalue weighted by Crippen LogP contribution is 2.22. The molecule has 0 heterocycles. The molecule has 2 rings (SSSR count). The molecule has 1 amide bonds. The van der Waals surface area contributed by atoms with E-state index in [2.05, 4.69) is 17.6 Å².